The van der Waals surface area contributed by atoms with Crippen LogP contribution < -0.4 is 5.23 Å². The maximum absolute atomic E-state index is 10.7. The third kappa shape index (κ3) is 5.41. The Labute approximate surface area is 57.4 Å². The molecule has 0 saturated heterocycles. The minimum atomic E-state index is 0.111. The molecule has 0 bridgehead atoms. The number of nitrogens with one attached hydrogen (secondary N) is 1. The minimum absolute atomic E-state index is 0.111. The van der Waals surface area contributed by atoms with E-state index in [4.69, 9.17) is 0 Å². The van der Waals surface area contributed by atoms with Gasteiger partial charge in [0.1, 0.15) is 0 Å². The molecule has 0 rings (SSSR count). The number of hydrogen-bond acceptors (Lipinski definition) is 1. The van der Waals surface area contributed by atoms with Crippen molar-refractivity contribution in [2.24, 2.45) is 5.41 Å². The highest BCUT2D eigenvalue weighted by Gasteiger charge is 2.13. The monoisotopic (exact) mass is 127 g/mol. The lowest BCUT2D eigenvalue weighted by Gasteiger charge is -2.15. The SMILES string of the molecule is BNC(=O)CC(C)(C)C. The Morgan fingerprint density at radius 2 is 2.00 bits per heavy atom. The number of amides is 1. The zero-order valence-electron chi connectivity index (χ0n) is 6.62. The Morgan fingerprint density at radius 1 is 1.56 bits per heavy atom. The van der Waals surface area contributed by atoms with Crippen LogP contribution in [0, 0.1) is 5.41 Å². The largest absolute Gasteiger partial charge is 0.406 e. The molecule has 3 heteroatoms. The van der Waals surface area contributed by atoms with E-state index in [1.807, 2.05) is 20.8 Å². The molecule has 0 radical (unpaired) electrons. The smallest absolute Gasteiger partial charge is 0.217 e. The van der Waals surface area contributed by atoms with Crippen molar-refractivity contribution in [1.29, 1.82) is 0 Å². The molecule has 0 spiro atoms. The standard InChI is InChI=1S/C6H14BNO/c1-6(2,3)4-5(9)8-7/h4,7H2,1-3H3,(H,8,9). The molecule has 0 aromatic carbocycles. The van der Waals surface area contributed by atoms with Gasteiger partial charge in [-0.2, -0.15) is 0 Å². The first-order valence-corrected chi connectivity index (χ1v) is 3.16. The second kappa shape index (κ2) is 2.90. The van der Waals surface area contributed by atoms with Crippen molar-refractivity contribution in [3.05, 3.63) is 0 Å². The molecule has 0 aromatic rings. The molecule has 0 saturated carbocycles. The Hall–Kier alpha value is -0.465. The van der Waals surface area contributed by atoms with Crippen molar-refractivity contribution in [1.82, 2.24) is 5.23 Å². The number of carbonyl (C=O) groups excluding carboxylic acids is 1. The summed E-state index contributed by atoms with van der Waals surface area (Å²) in [5, 5.41) is 2.58. The normalized spacial score (nSPS) is 11.0. The van der Waals surface area contributed by atoms with E-state index in [-0.39, 0.29) is 11.3 Å². The van der Waals surface area contributed by atoms with E-state index in [0.717, 1.165) is 0 Å². The van der Waals surface area contributed by atoms with Crippen molar-refractivity contribution < 1.29 is 4.79 Å². The lowest BCUT2D eigenvalue weighted by molar-refractivity contribution is -0.121. The van der Waals surface area contributed by atoms with Crippen LogP contribution >= 0.6 is 0 Å². The van der Waals surface area contributed by atoms with E-state index in [9.17, 15) is 4.79 Å². The number of hydrogen-bond donors (Lipinski definition) is 1. The molecule has 52 valence electrons. The average Bonchev–Trinajstić information content (AvgIpc) is 1.62. The van der Waals surface area contributed by atoms with E-state index in [1.165, 1.54) is 0 Å². The fourth-order valence-electron chi connectivity index (χ4n) is 0.570. The molecule has 0 heterocycles. The predicted molar refractivity (Wildman–Crippen MR) is 40.8 cm³/mol. The molecular weight excluding hydrogens is 113 g/mol. The van der Waals surface area contributed by atoms with Crippen LogP contribution in [-0.4, -0.2) is 13.9 Å². The molecule has 0 aliphatic heterocycles. The Morgan fingerprint density at radius 3 is 2.11 bits per heavy atom. The first kappa shape index (κ1) is 8.53. The van der Waals surface area contributed by atoms with Gasteiger partial charge in [-0.25, -0.2) is 0 Å². The highest BCUT2D eigenvalue weighted by molar-refractivity contribution is 6.14. The van der Waals surface area contributed by atoms with Gasteiger partial charge >= 0.3 is 0 Å². The zero-order valence-corrected chi connectivity index (χ0v) is 6.62. The first-order valence-electron chi connectivity index (χ1n) is 3.16. The average molecular weight is 127 g/mol. The summed E-state index contributed by atoms with van der Waals surface area (Å²) in [5.74, 6) is 0.113. The highest BCUT2D eigenvalue weighted by atomic mass is 16.1. The van der Waals surface area contributed by atoms with Crippen molar-refractivity contribution in [3.8, 4) is 0 Å². The summed E-state index contributed by atoms with van der Waals surface area (Å²) >= 11 is 0. The molecular formula is C6H14BNO. The highest BCUT2D eigenvalue weighted by Crippen LogP contribution is 2.17. The second-order valence-corrected chi connectivity index (χ2v) is 3.41. The van der Waals surface area contributed by atoms with Crippen LogP contribution in [0.2, 0.25) is 0 Å². The third-order valence-corrected chi connectivity index (χ3v) is 0.970. The van der Waals surface area contributed by atoms with E-state index in [2.05, 4.69) is 5.23 Å². The van der Waals surface area contributed by atoms with Crippen LogP contribution in [0.4, 0.5) is 0 Å². The lowest BCUT2D eigenvalue weighted by atomic mass is 9.92. The summed E-state index contributed by atoms with van der Waals surface area (Å²) in [4.78, 5) is 10.7. The zero-order chi connectivity index (χ0) is 7.49. The maximum atomic E-state index is 10.7. The van der Waals surface area contributed by atoms with Crippen molar-refractivity contribution >= 4 is 13.9 Å². The van der Waals surface area contributed by atoms with Crippen molar-refractivity contribution in [2.45, 2.75) is 27.2 Å². The lowest BCUT2D eigenvalue weighted by Crippen LogP contribution is -2.24. The minimum Gasteiger partial charge on any atom is -0.406 e. The molecule has 0 aliphatic carbocycles. The molecule has 1 amide bonds. The number of rotatable bonds is 1. The Kier molecular flexibility index (Phi) is 2.75. The van der Waals surface area contributed by atoms with Crippen LogP contribution in [-0.2, 0) is 4.79 Å². The van der Waals surface area contributed by atoms with Gasteiger partial charge in [-0.15, -0.1) is 0 Å². The van der Waals surface area contributed by atoms with E-state index in [0.29, 0.717) is 6.42 Å². The molecule has 0 atom stereocenters. The fourth-order valence-corrected chi connectivity index (χ4v) is 0.570. The van der Waals surface area contributed by atoms with Gasteiger partial charge in [0.2, 0.25) is 13.9 Å². The molecule has 0 fully saturated rings. The third-order valence-electron chi connectivity index (χ3n) is 0.970. The summed E-state index contributed by atoms with van der Waals surface area (Å²) in [7, 11) is 1.66. The van der Waals surface area contributed by atoms with Gasteiger partial charge in [0, 0.05) is 6.42 Å². The second-order valence-electron chi connectivity index (χ2n) is 3.41. The van der Waals surface area contributed by atoms with Gasteiger partial charge in [0.25, 0.3) is 0 Å². The van der Waals surface area contributed by atoms with Crippen molar-refractivity contribution in [2.75, 3.05) is 0 Å². The number of carbonyl (C=O) groups is 1. The molecule has 2 nitrogen and oxygen atoms in total. The summed E-state index contributed by atoms with van der Waals surface area (Å²) < 4.78 is 0. The Balaban J connectivity index is 3.60. The van der Waals surface area contributed by atoms with Gasteiger partial charge in [-0.3, -0.25) is 4.79 Å². The summed E-state index contributed by atoms with van der Waals surface area (Å²) in [6.07, 6.45) is 0.601. The molecule has 0 aliphatic rings. The maximum Gasteiger partial charge on any atom is 0.217 e. The summed E-state index contributed by atoms with van der Waals surface area (Å²) in [6.45, 7) is 6.13. The molecule has 0 unspecified atom stereocenters. The quantitative estimate of drug-likeness (QED) is 0.497. The topological polar surface area (TPSA) is 29.1 Å². The van der Waals surface area contributed by atoms with E-state index < -0.39 is 0 Å². The van der Waals surface area contributed by atoms with Gasteiger partial charge in [-0.1, -0.05) is 20.8 Å². The Bertz CT molecular complexity index is 106. The first-order chi connectivity index (χ1) is 3.95. The molecule has 9 heavy (non-hydrogen) atoms. The van der Waals surface area contributed by atoms with Crippen LogP contribution in [0.3, 0.4) is 0 Å². The van der Waals surface area contributed by atoms with Crippen LogP contribution in [0.15, 0.2) is 0 Å². The van der Waals surface area contributed by atoms with Crippen molar-refractivity contribution in [3.63, 3.8) is 0 Å². The van der Waals surface area contributed by atoms with Gasteiger partial charge in [0.05, 0.1) is 0 Å². The predicted octanol–water partition coefficient (Wildman–Crippen LogP) is 0.0869. The summed E-state index contributed by atoms with van der Waals surface area (Å²) in [6, 6.07) is 0. The fraction of sp³-hybridized carbons (Fsp3) is 0.833. The van der Waals surface area contributed by atoms with Crippen LogP contribution in [0.1, 0.15) is 27.2 Å². The van der Waals surface area contributed by atoms with E-state index in [1.54, 1.807) is 7.98 Å². The van der Waals surface area contributed by atoms with Crippen LogP contribution in [0.25, 0.3) is 0 Å². The van der Waals surface area contributed by atoms with Gasteiger partial charge in [0.15, 0.2) is 0 Å². The van der Waals surface area contributed by atoms with Gasteiger partial charge in [-0.05, 0) is 5.41 Å². The molecule has 1 N–H and O–H groups in total. The van der Waals surface area contributed by atoms with Gasteiger partial charge < -0.3 is 5.23 Å². The van der Waals surface area contributed by atoms with E-state index >= 15 is 0 Å². The van der Waals surface area contributed by atoms with Crippen LogP contribution in [0.5, 0.6) is 0 Å². The summed E-state index contributed by atoms with van der Waals surface area (Å²) in [5.41, 5.74) is 0.111. The molecule has 0 aromatic heterocycles.